The summed E-state index contributed by atoms with van der Waals surface area (Å²) in [5, 5.41) is 12.1. The molecule has 1 aliphatic rings. The van der Waals surface area contributed by atoms with Crippen molar-refractivity contribution in [2.24, 2.45) is 0 Å². The normalized spacial score (nSPS) is 13.5. The first-order valence-corrected chi connectivity index (χ1v) is 8.62. The maximum absolute atomic E-state index is 10.8. The number of rotatable bonds is 3. The zero-order valence-electron chi connectivity index (χ0n) is 12.8. The molecular formula is C17H11ClN2O4S. The van der Waals surface area contributed by atoms with Crippen molar-refractivity contribution >= 4 is 51.0 Å². The standard InChI is InChI=1S/C17H11ClN2O4S/c18-12-7-10(8-14-17(12)24-6-5-23-14)1-4-16-19-13-9-11(20(21)22)2-3-15(13)25-16/h1-4,7-9H,5-6H2/b4-1+. The predicted molar refractivity (Wildman–Crippen MR) is 97.6 cm³/mol. The van der Waals surface area contributed by atoms with E-state index in [0.717, 1.165) is 15.3 Å². The van der Waals surface area contributed by atoms with E-state index in [1.165, 1.54) is 23.5 Å². The van der Waals surface area contributed by atoms with Crippen molar-refractivity contribution in [3.63, 3.8) is 0 Å². The third kappa shape index (κ3) is 3.16. The molecule has 0 N–H and O–H groups in total. The summed E-state index contributed by atoms with van der Waals surface area (Å²) in [7, 11) is 0. The Labute approximate surface area is 151 Å². The first-order valence-electron chi connectivity index (χ1n) is 7.42. The highest BCUT2D eigenvalue weighted by Crippen LogP contribution is 2.38. The second kappa shape index (κ2) is 6.34. The molecule has 1 aliphatic heterocycles. The minimum atomic E-state index is -0.425. The van der Waals surface area contributed by atoms with Gasteiger partial charge in [0.2, 0.25) is 0 Å². The van der Waals surface area contributed by atoms with Crippen molar-refractivity contribution in [3.8, 4) is 11.5 Å². The van der Waals surface area contributed by atoms with Gasteiger partial charge in [-0.3, -0.25) is 10.1 Å². The van der Waals surface area contributed by atoms with Crippen LogP contribution in [0.1, 0.15) is 10.6 Å². The van der Waals surface area contributed by atoms with Crippen LogP contribution >= 0.6 is 22.9 Å². The molecule has 0 saturated carbocycles. The van der Waals surface area contributed by atoms with E-state index in [1.54, 1.807) is 12.1 Å². The number of nitrogens with zero attached hydrogens (tertiary/aromatic N) is 2. The molecule has 0 amide bonds. The lowest BCUT2D eigenvalue weighted by atomic mass is 10.2. The van der Waals surface area contributed by atoms with Crippen molar-refractivity contribution in [1.82, 2.24) is 4.98 Å². The molecule has 6 nitrogen and oxygen atoms in total. The number of thiazole rings is 1. The molecule has 0 unspecified atom stereocenters. The van der Waals surface area contributed by atoms with Gasteiger partial charge in [-0.15, -0.1) is 11.3 Å². The lowest BCUT2D eigenvalue weighted by Gasteiger charge is -2.19. The van der Waals surface area contributed by atoms with E-state index >= 15 is 0 Å². The maximum Gasteiger partial charge on any atom is 0.271 e. The van der Waals surface area contributed by atoms with E-state index in [1.807, 2.05) is 18.2 Å². The summed E-state index contributed by atoms with van der Waals surface area (Å²) in [6.07, 6.45) is 3.72. The first-order chi connectivity index (χ1) is 12.1. The number of fused-ring (bicyclic) bond motifs is 2. The Morgan fingerprint density at radius 2 is 2.04 bits per heavy atom. The van der Waals surface area contributed by atoms with Crippen LogP contribution in [0.15, 0.2) is 30.3 Å². The van der Waals surface area contributed by atoms with E-state index in [9.17, 15) is 10.1 Å². The Morgan fingerprint density at radius 1 is 1.20 bits per heavy atom. The van der Waals surface area contributed by atoms with Crippen LogP contribution in [-0.2, 0) is 0 Å². The largest absolute Gasteiger partial charge is 0.486 e. The molecule has 0 fully saturated rings. The minimum Gasteiger partial charge on any atom is -0.486 e. The van der Waals surface area contributed by atoms with Gasteiger partial charge in [0.25, 0.3) is 5.69 Å². The molecule has 8 heteroatoms. The SMILES string of the molecule is O=[N+]([O-])c1ccc2sc(/C=C/c3cc(Cl)c4c(c3)OCCO4)nc2c1. The fraction of sp³-hybridized carbons (Fsp3) is 0.118. The summed E-state index contributed by atoms with van der Waals surface area (Å²) in [5.74, 6) is 1.19. The molecule has 0 atom stereocenters. The highest BCUT2D eigenvalue weighted by Gasteiger charge is 2.16. The molecular weight excluding hydrogens is 364 g/mol. The number of halogens is 1. The topological polar surface area (TPSA) is 74.5 Å². The molecule has 3 aromatic rings. The molecule has 2 heterocycles. The third-order valence-corrected chi connectivity index (χ3v) is 4.92. The Hall–Kier alpha value is -2.64. The van der Waals surface area contributed by atoms with Crippen LogP contribution in [0.4, 0.5) is 5.69 Å². The molecule has 25 heavy (non-hydrogen) atoms. The highest BCUT2D eigenvalue weighted by atomic mass is 35.5. The second-order valence-corrected chi connectivity index (χ2v) is 6.79. The van der Waals surface area contributed by atoms with Crippen LogP contribution in [0, 0.1) is 10.1 Å². The first kappa shape index (κ1) is 15.9. The van der Waals surface area contributed by atoms with Gasteiger partial charge in [-0.05, 0) is 29.8 Å². The monoisotopic (exact) mass is 374 g/mol. The third-order valence-electron chi connectivity index (χ3n) is 3.64. The summed E-state index contributed by atoms with van der Waals surface area (Å²) >= 11 is 7.69. The predicted octanol–water partition coefficient (Wildman–Crippen LogP) is 4.80. The molecule has 0 spiro atoms. The van der Waals surface area contributed by atoms with Crippen molar-refractivity contribution in [3.05, 3.63) is 56.0 Å². The van der Waals surface area contributed by atoms with E-state index in [-0.39, 0.29) is 5.69 Å². The molecule has 0 aliphatic carbocycles. The highest BCUT2D eigenvalue weighted by molar-refractivity contribution is 7.19. The Balaban J connectivity index is 1.64. The molecule has 0 bridgehead atoms. The van der Waals surface area contributed by atoms with Gasteiger partial charge in [-0.25, -0.2) is 4.98 Å². The van der Waals surface area contributed by atoms with E-state index in [4.69, 9.17) is 21.1 Å². The van der Waals surface area contributed by atoms with Crippen LogP contribution < -0.4 is 9.47 Å². The van der Waals surface area contributed by atoms with Gasteiger partial charge in [0.1, 0.15) is 18.2 Å². The number of aromatic nitrogens is 1. The molecule has 126 valence electrons. The summed E-state index contributed by atoms with van der Waals surface area (Å²) in [4.78, 5) is 14.8. The lowest BCUT2D eigenvalue weighted by molar-refractivity contribution is -0.384. The number of benzene rings is 2. The van der Waals surface area contributed by atoms with Gasteiger partial charge in [0.05, 0.1) is 20.2 Å². The number of ether oxygens (including phenoxy) is 2. The summed E-state index contributed by atoms with van der Waals surface area (Å²) in [6, 6.07) is 8.32. The Morgan fingerprint density at radius 3 is 2.88 bits per heavy atom. The quantitative estimate of drug-likeness (QED) is 0.486. The molecule has 0 radical (unpaired) electrons. The summed E-state index contributed by atoms with van der Waals surface area (Å²) < 4.78 is 12.0. The molecule has 4 rings (SSSR count). The lowest BCUT2D eigenvalue weighted by Crippen LogP contribution is -2.15. The number of non-ortho nitro benzene ring substituents is 1. The van der Waals surface area contributed by atoms with Gasteiger partial charge in [-0.2, -0.15) is 0 Å². The maximum atomic E-state index is 10.8. The Kier molecular flexibility index (Phi) is 4.03. The fourth-order valence-corrected chi connectivity index (χ4v) is 3.64. The molecule has 2 aromatic carbocycles. The smallest absolute Gasteiger partial charge is 0.271 e. The van der Waals surface area contributed by atoms with Crippen LogP contribution in [-0.4, -0.2) is 23.1 Å². The summed E-state index contributed by atoms with van der Waals surface area (Å²) in [5.41, 5.74) is 1.51. The van der Waals surface area contributed by atoms with Crippen molar-refractivity contribution in [2.45, 2.75) is 0 Å². The van der Waals surface area contributed by atoms with E-state index in [0.29, 0.717) is 35.3 Å². The number of nitro groups is 1. The van der Waals surface area contributed by atoms with Gasteiger partial charge in [-0.1, -0.05) is 17.7 Å². The van der Waals surface area contributed by atoms with Crippen molar-refractivity contribution in [1.29, 1.82) is 0 Å². The fourth-order valence-electron chi connectivity index (χ4n) is 2.51. The zero-order chi connectivity index (χ0) is 17.4. The van der Waals surface area contributed by atoms with Crippen LogP contribution in [0.3, 0.4) is 0 Å². The van der Waals surface area contributed by atoms with Crippen molar-refractivity contribution in [2.75, 3.05) is 13.2 Å². The van der Waals surface area contributed by atoms with Gasteiger partial charge in [0.15, 0.2) is 11.5 Å². The number of hydrogen-bond donors (Lipinski definition) is 0. The average Bonchev–Trinajstić information content (AvgIpc) is 3.02. The second-order valence-electron chi connectivity index (χ2n) is 5.32. The summed E-state index contributed by atoms with van der Waals surface area (Å²) in [6.45, 7) is 0.979. The van der Waals surface area contributed by atoms with Crippen LogP contribution in [0.2, 0.25) is 5.02 Å². The van der Waals surface area contributed by atoms with Gasteiger partial charge >= 0.3 is 0 Å². The average molecular weight is 375 g/mol. The minimum absolute atomic E-state index is 0.0342. The van der Waals surface area contributed by atoms with E-state index < -0.39 is 4.92 Å². The Bertz CT molecular complexity index is 1020. The molecule has 0 saturated heterocycles. The number of hydrogen-bond acceptors (Lipinski definition) is 6. The molecule has 1 aromatic heterocycles. The number of nitro benzene ring substituents is 1. The van der Waals surface area contributed by atoms with E-state index in [2.05, 4.69) is 4.98 Å². The van der Waals surface area contributed by atoms with Crippen LogP contribution in [0.5, 0.6) is 11.5 Å². The van der Waals surface area contributed by atoms with Crippen LogP contribution in [0.25, 0.3) is 22.4 Å². The van der Waals surface area contributed by atoms with Gasteiger partial charge < -0.3 is 9.47 Å². The van der Waals surface area contributed by atoms with Gasteiger partial charge in [0, 0.05) is 12.1 Å². The zero-order valence-corrected chi connectivity index (χ0v) is 14.3. The van der Waals surface area contributed by atoms with Crippen molar-refractivity contribution < 1.29 is 14.4 Å².